The first-order valence-electron chi connectivity index (χ1n) is 9.14. The maximum absolute atomic E-state index is 13.0. The molecule has 3 aromatic rings. The smallest absolute Gasteiger partial charge is 0.263 e. The Labute approximate surface area is 170 Å². The van der Waals surface area contributed by atoms with E-state index in [2.05, 4.69) is 10.3 Å². The first-order chi connectivity index (χ1) is 13.6. The molecule has 28 heavy (non-hydrogen) atoms. The van der Waals surface area contributed by atoms with Gasteiger partial charge in [-0.1, -0.05) is 11.8 Å². The molecular weight excluding hydrogens is 398 g/mol. The molecule has 1 aliphatic rings. The monoisotopic (exact) mass is 419 g/mol. The van der Waals surface area contributed by atoms with Crippen molar-refractivity contribution < 1.29 is 13.9 Å². The van der Waals surface area contributed by atoms with E-state index in [1.54, 1.807) is 16.9 Å². The second-order valence-corrected chi connectivity index (χ2v) is 8.85. The lowest BCUT2D eigenvalue weighted by atomic mass is 10.2. The van der Waals surface area contributed by atoms with Crippen molar-refractivity contribution in [2.45, 2.75) is 37.6 Å². The van der Waals surface area contributed by atoms with Crippen LogP contribution in [0.5, 0.6) is 0 Å². The molecule has 3 aromatic heterocycles. The quantitative estimate of drug-likeness (QED) is 0.468. The van der Waals surface area contributed by atoms with Crippen LogP contribution in [0.2, 0.25) is 0 Å². The average molecular weight is 420 g/mol. The maximum Gasteiger partial charge on any atom is 0.263 e. The highest BCUT2D eigenvalue weighted by Gasteiger charge is 2.18. The third-order valence-corrected chi connectivity index (χ3v) is 6.44. The normalized spacial score (nSPS) is 16.7. The van der Waals surface area contributed by atoms with E-state index < -0.39 is 0 Å². The predicted molar refractivity (Wildman–Crippen MR) is 109 cm³/mol. The van der Waals surface area contributed by atoms with E-state index in [0.29, 0.717) is 27.7 Å². The molecule has 1 amide bonds. The summed E-state index contributed by atoms with van der Waals surface area (Å²) in [4.78, 5) is 31.6. The van der Waals surface area contributed by atoms with Crippen LogP contribution in [0.4, 0.5) is 0 Å². The largest absolute Gasteiger partial charge is 0.467 e. The second-order valence-electron chi connectivity index (χ2n) is 6.67. The Morgan fingerprint density at radius 3 is 3.14 bits per heavy atom. The summed E-state index contributed by atoms with van der Waals surface area (Å²) in [6, 6.07) is 5.46. The molecule has 1 fully saturated rings. The van der Waals surface area contributed by atoms with Crippen molar-refractivity contribution in [3.63, 3.8) is 0 Å². The standard InChI is InChI=1S/C19H21N3O4S2/c1-12-8-15-17(28-12)21-19(22(18(15)24)10-14-5-3-7-26-14)27-11-16(23)20-9-13-4-2-6-25-13/h3,5,7-8,13H,2,4,6,9-11H2,1H3,(H,20,23)/t13-/m0/s1. The highest BCUT2D eigenvalue weighted by atomic mass is 32.2. The fraction of sp³-hybridized carbons (Fsp3) is 0.421. The van der Waals surface area contributed by atoms with Crippen molar-refractivity contribution in [1.29, 1.82) is 0 Å². The lowest BCUT2D eigenvalue weighted by Gasteiger charge is -2.12. The zero-order valence-corrected chi connectivity index (χ0v) is 17.1. The lowest BCUT2D eigenvalue weighted by Crippen LogP contribution is -2.33. The van der Waals surface area contributed by atoms with Crippen molar-refractivity contribution in [2.24, 2.45) is 0 Å². The number of fused-ring (bicyclic) bond motifs is 1. The number of carbonyl (C=O) groups is 1. The Hall–Kier alpha value is -2.10. The zero-order chi connectivity index (χ0) is 19.5. The Morgan fingerprint density at radius 2 is 2.39 bits per heavy atom. The minimum atomic E-state index is -0.118. The molecule has 9 heteroatoms. The fourth-order valence-electron chi connectivity index (χ4n) is 3.14. The molecule has 1 atom stereocenters. The average Bonchev–Trinajstić information content (AvgIpc) is 3.42. The van der Waals surface area contributed by atoms with E-state index in [-0.39, 0.29) is 29.9 Å². The van der Waals surface area contributed by atoms with E-state index in [4.69, 9.17) is 9.15 Å². The zero-order valence-electron chi connectivity index (χ0n) is 15.5. The van der Waals surface area contributed by atoms with Crippen molar-refractivity contribution >= 4 is 39.2 Å². The van der Waals surface area contributed by atoms with Crippen LogP contribution in [0, 0.1) is 6.92 Å². The molecule has 0 bridgehead atoms. The minimum Gasteiger partial charge on any atom is -0.467 e. The summed E-state index contributed by atoms with van der Waals surface area (Å²) in [6.07, 6.45) is 3.70. The molecule has 148 valence electrons. The van der Waals surface area contributed by atoms with Gasteiger partial charge in [0.05, 0.1) is 30.1 Å². The molecule has 0 radical (unpaired) electrons. The second kappa shape index (κ2) is 8.50. The van der Waals surface area contributed by atoms with Gasteiger partial charge in [0.25, 0.3) is 5.56 Å². The SMILES string of the molecule is Cc1cc2c(=O)n(Cc3ccco3)c(SCC(=O)NC[C@@H]3CCCO3)nc2s1. The van der Waals surface area contributed by atoms with E-state index >= 15 is 0 Å². The number of nitrogens with one attached hydrogen (secondary N) is 1. The molecule has 0 spiro atoms. The van der Waals surface area contributed by atoms with E-state index in [0.717, 1.165) is 24.3 Å². The topological polar surface area (TPSA) is 86.4 Å². The first kappa shape index (κ1) is 19.2. The number of amides is 1. The van der Waals surface area contributed by atoms with Crippen LogP contribution in [0.1, 0.15) is 23.5 Å². The van der Waals surface area contributed by atoms with Crippen molar-refractivity contribution in [1.82, 2.24) is 14.9 Å². The molecule has 0 saturated carbocycles. The number of thiophene rings is 1. The van der Waals surface area contributed by atoms with E-state index in [1.165, 1.54) is 23.1 Å². The summed E-state index contributed by atoms with van der Waals surface area (Å²) >= 11 is 2.74. The number of ether oxygens (including phenoxy) is 1. The van der Waals surface area contributed by atoms with Crippen LogP contribution >= 0.6 is 23.1 Å². The van der Waals surface area contributed by atoms with Crippen LogP contribution in [0.3, 0.4) is 0 Å². The first-order valence-corrected chi connectivity index (χ1v) is 10.9. The van der Waals surface area contributed by atoms with Crippen LogP contribution in [-0.4, -0.2) is 40.5 Å². The van der Waals surface area contributed by atoms with Gasteiger partial charge in [-0.3, -0.25) is 14.2 Å². The molecule has 0 aromatic carbocycles. The molecule has 4 heterocycles. The number of hydrogen-bond donors (Lipinski definition) is 1. The molecule has 7 nitrogen and oxygen atoms in total. The Morgan fingerprint density at radius 1 is 1.50 bits per heavy atom. The molecule has 1 N–H and O–H groups in total. The predicted octanol–water partition coefficient (Wildman–Crippen LogP) is 2.80. The summed E-state index contributed by atoms with van der Waals surface area (Å²) in [5.41, 5.74) is -0.118. The van der Waals surface area contributed by atoms with Gasteiger partial charge in [0.1, 0.15) is 10.6 Å². The van der Waals surface area contributed by atoms with Gasteiger partial charge >= 0.3 is 0 Å². The molecular formula is C19H21N3O4S2. The Bertz CT molecular complexity index is 1020. The van der Waals surface area contributed by atoms with Gasteiger partial charge in [-0.25, -0.2) is 4.98 Å². The number of furan rings is 1. The van der Waals surface area contributed by atoms with Crippen LogP contribution < -0.4 is 10.9 Å². The fourth-order valence-corrected chi connectivity index (χ4v) is 4.89. The highest BCUT2D eigenvalue weighted by Crippen LogP contribution is 2.24. The number of hydrogen-bond acceptors (Lipinski definition) is 7. The van der Waals surface area contributed by atoms with Crippen LogP contribution in [0.25, 0.3) is 10.2 Å². The summed E-state index contributed by atoms with van der Waals surface area (Å²) in [5.74, 6) is 0.759. The van der Waals surface area contributed by atoms with Crippen molar-refractivity contribution in [3.05, 3.63) is 45.5 Å². The van der Waals surface area contributed by atoms with Crippen LogP contribution in [0.15, 0.2) is 38.8 Å². The van der Waals surface area contributed by atoms with Gasteiger partial charge in [-0.15, -0.1) is 11.3 Å². The summed E-state index contributed by atoms with van der Waals surface area (Å²) in [6.45, 7) is 3.52. The number of aryl methyl sites for hydroxylation is 1. The lowest BCUT2D eigenvalue weighted by molar-refractivity contribution is -0.119. The molecule has 4 rings (SSSR count). The van der Waals surface area contributed by atoms with Gasteiger partial charge in [0, 0.05) is 18.0 Å². The molecule has 0 aliphatic carbocycles. The van der Waals surface area contributed by atoms with Gasteiger partial charge < -0.3 is 14.5 Å². The van der Waals surface area contributed by atoms with Crippen molar-refractivity contribution in [3.8, 4) is 0 Å². The Balaban J connectivity index is 1.52. The van der Waals surface area contributed by atoms with Gasteiger partial charge in [0.2, 0.25) is 5.91 Å². The third kappa shape index (κ3) is 4.31. The van der Waals surface area contributed by atoms with E-state index in [9.17, 15) is 9.59 Å². The summed E-state index contributed by atoms with van der Waals surface area (Å²) < 4.78 is 12.5. The number of thioether (sulfide) groups is 1. The van der Waals surface area contributed by atoms with Crippen LogP contribution in [-0.2, 0) is 16.1 Å². The summed E-state index contributed by atoms with van der Waals surface area (Å²) in [7, 11) is 0. The number of carbonyl (C=O) groups excluding carboxylic acids is 1. The number of rotatable bonds is 7. The summed E-state index contributed by atoms with van der Waals surface area (Å²) in [5, 5.41) is 4.01. The number of nitrogens with zero attached hydrogens (tertiary/aromatic N) is 2. The number of aromatic nitrogens is 2. The van der Waals surface area contributed by atoms with Gasteiger partial charge in [-0.05, 0) is 38.0 Å². The van der Waals surface area contributed by atoms with Gasteiger partial charge in [-0.2, -0.15) is 0 Å². The van der Waals surface area contributed by atoms with Crippen molar-refractivity contribution in [2.75, 3.05) is 18.9 Å². The minimum absolute atomic E-state index is 0.0956. The molecule has 0 unspecified atom stereocenters. The molecule has 1 aliphatic heterocycles. The Kier molecular flexibility index (Phi) is 5.84. The third-order valence-electron chi connectivity index (χ3n) is 4.52. The van der Waals surface area contributed by atoms with E-state index in [1.807, 2.05) is 19.1 Å². The maximum atomic E-state index is 13.0. The van der Waals surface area contributed by atoms with Gasteiger partial charge in [0.15, 0.2) is 5.16 Å². The molecule has 1 saturated heterocycles. The highest BCUT2D eigenvalue weighted by molar-refractivity contribution is 7.99.